The molecule has 0 saturated carbocycles. The van der Waals surface area contributed by atoms with Gasteiger partial charge in [-0.05, 0) is 26.0 Å². The molecular formula is C14H12F4N2O2S. The van der Waals surface area contributed by atoms with Crippen molar-refractivity contribution < 1.29 is 27.1 Å². The number of nitrogens with zero attached hydrogens (tertiary/aromatic N) is 1. The summed E-state index contributed by atoms with van der Waals surface area (Å²) in [5.41, 5.74) is 0.351. The van der Waals surface area contributed by atoms with Crippen molar-refractivity contribution in [3.63, 3.8) is 0 Å². The van der Waals surface area contributed by atoms with Gasteiger partial charge in [0, 0.05) is 0 Å². The van der Waals surface area contributed by atoms with Gasteiger partial charge in [-0.2, -0.15) is 17.6 Å². The van der Waals surface area contributed by atoms with E-state index in [4.69, 9.17) is 0 Å². The average molecular weight is 348 g/mol. The molecule has 0 spiro atoms. The molecule has 1 amide bonds. The fourth-order valence-corrected chi connectivity index (χ4v) is 2.59. The number of aromatic nitrogens is 1. The molecule has 4 nitrogen and oxygen atoms in total. The summed E-state index contributed by atoms with van der Waals surface area (Å²) in [6, 6.07) is 5.12. The Balaban J connectivity index is 2.24. The second-order valence-corrected chi connectivity index (χ2v) is 5.77. The zero-order valence-corrected chi connectivity index (χ0v) is 12.9. The van der Waals surface area contributed by atoms with E-state index >= 15 is 0 Å². The zero-order chi connectivity index (χ0) is 17.2. The van der Waals surface area contributed by atoms with Crippen molar-refractivity contribution >= 4 is 22.9 Å². The van der Waals surface area contributed by atoms with Crippen molar-refractivity contribution in [2.45, 2.75) is 26.4 Å². The molecule has 0 radical (unpaired) electrons. The lowest BCUT2D eigenvalue weighted by Gasteiger charge is -2.19. The van der Waals surface area contributed by atoms with Gasteiger partial charge in [-0.1, -0.05) is 12.1 Å². The van der Waals surface area contributed by atoms with Gasteiger partial charge < -0.3 is 10.1 Å². The van der Waals surface area contributed by atoms with Crippen LogP contribution >= 0.6 is 11.3 Å². The molecule has 0 aliphatic heterocycles. The minimum absolute atomic E-state index is 0.136. The molecule has 2 rings (SSSR count). The second kappa shape index (κ2) is 6.53. The largest absolute Gasteiger partial charge is 0.461 e. The Hall–Kier alpha value is -2.16. The van der Waals surface area contributed by atoms with Gasteiger partial charge in [0.05, 0.1) is 16.4 Å². The molecule has 0 atom stereocenters. The minimum Gasteiger partial charge on any atom is -0.426 e. The Bertz CT molecular complexity index is 719. The summed E-state index contributed by atoms with van der Waals surface area (Å²) in [4.78, 5) is 16.6. The highest BCUT2D eigenvalue weighted by Gasteiger charge is 2.44. The highest BCUT2D eigenvalue weighted by Crippen LogP contribution is 2.33. The predicted octanol–water partition coefficient (Wildman–Crippen LogP) is 4.25. The number of benzene rings is 1. The van der Waals surface area contributed by atoms with E-state index in [1.165, 1.54) is 18.2 Å². The normalized spacial score (nSPS) is 11.6. The molecule has 0 bridgehead atoms. The van der Waals surface area contributed by atoms with E-state index in [0.29, 0.717) is 15.6 Å². The third kappa shape index (κ3) is 3.98. The number of carbonyl (C=O) groups excluding carboxylic acids is 1. The van der Waals surface area contributed by atoms with Crippen LogP contribution in [0.5, 0.6) is 5.75 Å². The number of alkyl halides is 4. The lowest BCUT2D eigenvalue weighted by Crippen LogP contribution is -2.33. The first-order valence-corrected chi connectivity index (χ1v) is 7.21. The monoisotopic (exact) mass is 348 g/mol. The summed E-state index contributed by atoms with van der Waals surface area (Å²) in [5, 5.41) is 3.04. The molecule has 9 heteroatoms. The molecule has 0 aliphatic carbocycles. The quantitative estimate of drug-likeness (QED) is 0.822. The summed E-state index contributed by atoms with van der Waals surface area (Å²) in [7, 11) is 0. The van der Waals surface area contributed by atoms with Gasteiger partial charge in [-0.15, -0.1) is 11.3 Å². The van der Waals surface area contributed by atoms with Gasteiger partial charge in [0.25, 0.3) is 5.91 Å². The summed E-state index contributed by atoms with van der Waals surface area (Å²) >= 11 is 1.13. The summed E-state index contributed by atoms with van der Waals surface area (Å²) in [5.74, 6) is -1.13. The molecule has 0 unspecified atom stereocenters. The minimum atomic E-state index is -4.65. The van der Waals surface area contributed by atoms with Crippen molar-refractivity contribution in [3.05, 3.63) is 39.8 Å². The molecule has 1 heterocycles. The number of para-hydroxylation sites is 2. The van der Waals surface area contributed by atoms with Crippen LogP contribution in [-0.4, -0.2) is 23.4 Å². The van der Waals surface area contributed by atoms with Crippen molar-refractivity contribution in [2.24, 2.45) is 0 Å². The average Bonchev–Trinajstić information content (AvgIpc) is 2.79. The Labute approximate surface area is 133 Å². The number of amides is 1. The van der Waals surface area contributed by atoms with E-state index < -0.39 is 24.2 Å². The number of nitrogens with one attached hydrogen (secondary N) is 1. The van der Waals surface area contributed by atoms with E-state index in [9.17, 15) is 22.4 Å². The van der Waals surface area contributed by atoms with Crippen LogP contribution in [0, 0.1) is 13.8 Å². The van der Waals surface area contributed by atoms with E-state index in [0.717, 1.165) is 17.4 Å². The smallest absolute Gasteiger partial charge is 0.426 e. The van der Waals surface area contributed by atoms with Gasteiger partial charge in [0.1, 0.15) is 10.6 Å². The first-order valence-electron chi connectivity index (χ1n) is 6.40. The van der Waals surface area contributed by atoms with Gasteiger partial charge in [-0.25, -0.2) is 4.98 Å². The molecule has 0 fully saturated rings. The highest BCUT2D eigenvalue weighted by molar-refractivity contribution is 7.13. The number of thiazole rings is 1. The van der Waals surface area contributed by atoms with Crippen LogP contribution in [0.3, 0.4) is 0 Å². The van der Waals surface area contributed by atoms with E-state index in [-0.39, 0.29) is 5.69 Å². The number of anilines is 1. The molecule has 2 aromatic rings. The van der Waals surface area contributed by atoms with Gasteiger partial charge in [-0.3, -0.25) is 4.79 Å². The fourth-order valence-electron chi connectivity index (χ4n) is 1.77. The molecule has 1 aromatic heterocycles. The number of ether oxygens (including phenoxy) is 1. The zero-order valence-electron chi connectivity index (χ0n) is 12.1. The van der Waals surface area contributed by atoms with Crippen LogP contribution in [0.1, 0.15) is 20.4 Å². The Morgan fingerprint density at radius 3 is 2.52 bits per heavy atom. The predicted molar refractivity (Wildman–Crippen MR) is 77.6 cm³/mol. The number of aryl methyl sites for hydroxylation is 2. The Morgan fingerprint density at radius 1 is 1.30 bits per heavy atom. The molecule has 1 aromatic carbocycles. The number of halogens is 4. The Kier molecular flexibility index (Phi) is 4.88. The highest BCUT2D eigenvalue weighted by atomic mass is 32.1. The molecule has 0 saturated heterocycles. The second-order valence-electron chi connectivity index (χ2n) is 4.56. The van der Waals surface area contributed by atoms with Crippen LogP contribution in [0.4, 0.5) is 23.2 Å². The summed E-state index contributed by atoms with van der Waals surface area (Å²) in [6.45, 7) is 3.35. The lowest BCUT2D eigenvalue weighted by molar-refractivity contribution is -0.252. The fraction of sp³-hybridized carbons (Fsp3) is 0.286. The van der Waals surface area contributed by atoms with Gasteiger partial charge >= 0.3 is 12.5 Å². The van der Waals surface area contributed by atoms with Crippen LogP contribution in [-0.2, 0) is 0 Å². The number of rotatable bonds is 5. The van der Waals surface area contributed by atoms with Gasteiger partial charge in [0.15, 0.2) is 0 Å². The molecule has 1 N–H and O–H groups in total. The van der Waals surface area contributed by atoms with E-state index in [2.05, 4.69) is 15.0 Å². The van der Waals surface area contributed by atoms with E-state index in [1.54, 1.807) is 13.8 Å². The third-order valence-corrected chi connectivity index (χ3v) is 3.82. The standard InChI is InChI=1S/C14H12F4N2O2S/c1-7-11(23-8(2)19-7)12(21)20-9-5-3-4-6-10(9)22-14(17,18)13(15)16/h3-6,13H,1-2H3,(H,20,21). The van der Waals surface area contributed by atoms with Crippen molar-refractivity contribution in [3.8, 4) is 5.75 Å². The number of carbonyl (C=O) groups is 1. The van der Waals surface area contributed by atoms with Crippen LogP contribution in [0.15, 0.2) is 24.3 Å². The number of hydrogen-bond donors (Lipinski definition) is 1. The number of hydrogen-bond acceptors (Lipinski definition) is 4. The summed E-state index contributed by atoms with van der Waals surface area (Å²) < 4.78 is 54.6. The first kappa shape index (κ1) is 17.2. The van der Waals surface area contributed by atoms with Crippen LogP contribution in [0.25, 0.3) is 0 Å². The topological polar surface area (TPSA) is 51.2 Å². The van der Waals surface area contributed by atoms with Crippen molar-refractivity contribution in [1.29, 1.82) is 0 Å². The van der Waals surface area contributed by atoms with E-state index in [1.807, 2.05) is 0 Å². The van der Waals surface area contributed by atoms with Crippen LogP contribution in [0.2, 0.25) is 0 Å². The van der Waals surface area contributed by atoms with Crippen LogP contribution < -0.4 is 10.1 Å². The Morgan fingerprint density at radius 2 is 1.96 bits per heavy atom. The van der Waals surface area contributed by atoms with Crippen molar-refractivity contribution in [1.82, 2.24) is 4.98 Å². The van der Waals surface area contributed by atoms with Crippen molar-refractivity contribution in [2.75, 3.05) is 5.32 Å². The SMILES string of the molecule is Cc1nc(C)c(C(=O)Nc2ccccc2OC(F)(F)C(F)F)s1. The molecular weight excluding hydrogens is 336 g/mol. The first-order chi connectivity index (χ1) is 10.7. The maximum atomic E-state index is 13.0. The lowest BCUT2D eigenvalue weighted by atomic mass is 10.2. The summed E-state index contributed by atoms with van der Waals surface area (Å²) in [6.07, 6.45) is -8.64. The molecule has 124 valence electrons. The maximum absolute atomic E-state index is 13.0. The maximum Gasteiger partial charge on any atom is 0.461 e. The molecule has 0 aliphatic rings. The third-order valence-electron chi connectivity index (χ3n) is 2.75. The van der Waals surface area contributed by atoms with Gasteiger partial charge in [0.2, 0.25) is 0 Å². The molecule has 23 heavy (non-hydrogen) atoms.